The number of hydrogen-bond donors (Lipinski definition) is 0. The molecule has 0 saturated carbocycles. The molecule has 8 aromatic rings. The highest BCUT2D eigenvalue weighted by atomic mass is 15.2. The maximum atomic E-state index is 5.19. The van der Waals surface area contributed by atoms with Gasteiger partial charge >= 0.3 is 0 Å². The fourth-order valence-electron chi connectivity index (χ4n) is 7.21. The highest BCUT2D eigenvalue weighted by Gasteiger charge is 2.35. The van der Waals surface area contributed by atoms with Crippen molar-refractivity contribution in [3.05, 3.63) is 139 Å². The molecule has 0 radical (unpaired) electrons. The van der Waals surface area contributed by atoms with Gasteiger partial charge in [0, 0.05) is 33.2 Å². The van der Waals surface area contributed by atoms with Crippen molar-refractivity contribution >= 4 is 43.5 Å². The van der Waals surface area contributed by atoms with E-state index in [0.717, 1.165) is 27.5 Å². The van der Waals surface area contributed by atoms with Crippen molar-refractivity contribution in [3.63, 3.8) is 0 Å². The Kier molecular flexibility index (Phi) is 4.67. The first-order valence-corrected chi connectivity index (χ1v) is 14.5. The molecule has 198 valence electrons. The van der Waals surface area contributed by atoms with E-state index in [9.17, 15) is 0 Å². The Morgan fingerprint density at radius 1 is 0.571 bits per heavy atom. The SMILES string of the molecule is CC1(C)c2ccccc2-c2cc3c(ccc4c5ccccc5n(-c5ncc6c(-c7ccccc7)cccc6n5)c34)cc21. The monoisotopic (exact) mass is 537 g/mol. The number of fused-ring (bicyclic) bond motifs is 9. The van der Waals surface area contributed by atoms with Gasteiger partial charge in [-0.15, -0.1) is 0 Å². The van der Waals surface area contributed by atoms with Crippen LogP contribution in [0.15, 0.2) is 128 Å². The second-order valence-electron chi connectivity index (χ2n) is 11.9. The zero-order valence-electron chi connectivity index (χ0n) is 23.5. The van der Waals surface area contributed by atoms with E-state index in [1.54, 1.807) is 0 Å². The van der Waals surface area contributed by atoms with Gasteiger partial charge in [0.1, 0.15) is 0 Å². The molecule has 0 bridgehead atoms. The molecule has 2 heterocycles. The summed E-state index contributed by atoms with van der Waals surface area (Å²) in [5, 5.41) is 5.92. The molecule has 0 aliphatic heterocycles. The van der Waals surface area contributed by atoms with Crippen LogP contribution in [0.5, 0.6) is 0 Å². The topological polar surface area (TPSA) is 30.7 Å². The van der Waals surface area contributed by atoms with Gasteiger partial charge in [-0.2, -0.15) is 0 Å². The number of nitrogens with zero attached hydrogens (tertiary/aromatic N) is 3. The van der Waals surface area contributed by atoms with Gasteiger partial charge in [0.15, 0.2) is 0 Å². The lowest BCUT2D eigenvalue weighted by Crippen LogP contribution is -2.14. The van der Waals surface area contributed by atoms with Gasteiger partial charge < -0.3 is 0 Å². The standard InChI is InChI=1S/C39H27N3/c1-39(2)33-16-8-6-13-27(33)31-22-30-25(21-34(31)39)19-20-29-28-14-7-9-18-36(28)42(37(29)30)38-40-23-32-26(15-10-17-35(32)41-38)24-11-4-3-5-12-24/h3-23H,1-2H3. The number of hydrogen-bond acceptors (Lipinski definition) is 2. The summed E-state index contributed by atoms with van der Waals surface area (Å²) in [7, 11) is 0. The van der Waals surface area contributed by atoms with Crippen molar-refractivity contribution < 1.29 is 0 Å². The maximum absolute atomic E-state index is 5.19. The van der Waals surface area contributed by atoms with E-state index >= 15 is 0 Å². The van der Waals surface area contributed by atoms with Crippen molar-refractivity contribution in [1.29, 1.82) is 0 Å². The lowest BCUT2D eigenvalue weighted by molar-refractivity contribution is 0.661. The molecule has 6 aromatic carbocycles. The van der Waals surface area contributed by atoms with E-state index in [0.29, 0.717) is 5.95 Å². The Bertz CT molecular complexity index is 2380. The first-order chi connectivity index (χ1) is 20.6. The minimum absolute atomic E-state index is 0.0420. The van der Waals surface area contributed by atoms with Gasteiger partial charge in [0.2, 0.25) is 5.95 Å². The summed E-state index contributed by atoms with van der Waals surface area (Å²) in [5.74, 6) is 0.688. The predicted molar refractivity (Wildman–Crippen MR) is 174 cm³/mol. The molecule has 0 N–H and O–H groups in total. The van der Waals surface area contributed by atoms with E-state index in [2.05, 4.69) is 134 Å². The molecule has 0 spiro atoms. The Balaban J connectivity index is 1.36. The molecule has 3 heteroatoms. The van der Waals surface area contributed by atoms with Crippen LogP contribution in [0.2, 0.25) is 0 Å². The minimum atomic E-state index is -0.0420. The average molecular weight is 538 g/mol. The Morgan fingerprint density at radius 2 is 1.36 bits per heavy atom. The van der Waals surface area contributed by atoms with Gasteiger partial charge in [-0.1, -0.05) is 111 Å². The quantitative estimate of drug-likeness (QED) is 0.220. The molecule has 3 nitrogen and oxygen atoms in total. The van der Waals surface area contributed by atoms with Crippen LogP contribution in [0.3, 0.4) is 0 Å². The third kappa shape index (κ3) is 3.11. The van der Waals surface area contributed by atoms with Crippen molar-refractivity contribution in [3.8, 4) is 28.2 Å². The molecule has 2 aromatic heterocycles. The molecule has 0 unspecified atom stereocenters. The third-order valence-corrected chi connectivity index (χ3v) is 9.25. The van der Waals surface area contributed by atoms with Gasteiger partial charge in [-0.25, -0.2) is 9.97 Å². The number of benzene rings is 6. The van der Waals surface area contributed by atoms with Crippen molar-refractivity contribution in [2.45, 2.75) is 19.3 Å². The Labute approximate surface area is 243 Å². The van der Waals surface area contributed by atoms with E-state index in [-0.39, 0.29) is 5.41 Å². The second-order valence-corrected chi connectivity index (χ2v) is 11.9. The number of para-hydroxylation sites is 1. The molecule has 0 fully saturated rings. The second kappa shape index (κ2) is 8.37. The maximum Gasteiger partial charge on any atom is 0.235 e. The molecule has 0 amide bonds. The van der Waals surface area contributed by atoms with E-state index in [1.165, 1.54) is 49.4 Å². The van der Waals surface area contributed by atoms with Gasteiger partial charge in [0.05, 0.1) is 16.6 Å². The van der Waals surface area contributed by atoms with Crippen LogP contribution in [-0.4, -0.2) is 14.5 Å². The predicted octanol–water partition coefficient (Wildman–Crippen LogP) is 9.85. The van der Waals surface area contributed by atoms with E-state index < -0.39 is 0 Å². The first-order valence-electron chi connectivity index (χ1n) is 14.5. The summed E-state index contributed by atoms with van der Waals surface area (Å²) in [6, 6.07) is 43.6. The van der Waals surface area contributed by atoms with Gasteiger partial charge in [-0.3, -0.25) is 4.57 Å². The number of aromatic nitrogens is 3. The van der Waals surface area contributed by atoms with E-state index in [4.69, 9.17) is 9.97 Å². The van der Waals surface area contributed by atoms with Crippen LogP contribution in [0.25, 0.3) is 71.7 Å². The van der Waals surface area contributed by atoms with Gasteiger partial charge in [-0.05, 0) is 63.0 Å². The lowest BCUT2D eigenvalue weighted by atomic mass is 9.82. The van der Waals surface area contributed by atoms with Crippen LogP contribution in [-0.2, 0) is 5.41 Å². The number of rotatable bonds is 2. The largest absolute Gasteiger partial charge is 0.277 e. The van der Waals surface area contributed by atoms with Crippen LogP contribution in [0, 0.1) is 0 Å². The van der Waals surface area contributed by atoms with Crippen LogP contribution >= 0.6 is 0 Å². The molecule has 42 heavy (non-hydrogen) atoms. The normalized spacial score (nSPS) is 13.7. The fraction of sp³-hybridized carbons (Fsp3) is 0.0769. The highest BCUT2D eigenvalue weighted by Crippen LogP contribution is 2.50. The van der Waals surface area contributed by atoms with Crippen LogP contribution in [0.1, 0.15) is 25.0 Å². The highest BCUT2D eigenvalue weighted by molar-refractivity contribution is 6.19. The minimum Gasteiger partial charge on any atom is -0.277 e. The lowest BCUT2D eigenvalue weighted by Gasteiger charge is -2.21. The van der Waals surface area contributed by atoms with Crippen molar-refractivity contribution in [2.75, 3.05) is 0 Å². The molecule has 1 aliphatic carbocycles. The summed E-state index contributed by atoms with van der Waals surface area (Å²) in [6.07, 6.45) is 1.99. The van der Waals surface area contributed by atoms with E-state index in [1.807, 2.05) is 12.3 Å². The first kappa shape index (κ1) is 23.4. The smallest absolute Gasteiger partial charge is 0.235 e. The Hall–Kier alpha value is -5.28. The average Bonchev–Trinajstić information content (AvgIpc) is 3.49. The summed E-state index contributed by atoms with van der Waals surface area (Å²) >= 11 is 0. The summed E-state index contributed by atoms with van der Waals surface area (Å²) in [6.45, 7) is 4.68. The van der Waals surface area contributed by atoms with Crippen LogP contribution < -0.4 is 0 Å². The zero-order chi connectivity index (χ0) is 28.0. The summed E-state index contributed by atoms with van der Waals surface area (Å²) < 4.78 is 2.26. The van der Waals surface area contributed by atoms with Crippen molar-refractivity contribution in [1.82, 2.24) is 14.5 Å². The summed E-state index contributed by atoms with van der Waals surface area (Å²) in [4.78, 5) is 10.2. The zero-order valence-corrected chi connectivity index (χ0v) is 23.5. The molecule has 9 rings (SSSR count). The third-order valence-electron chi connectivity index (χ3n) is 9.25. The molecule has 0 atom stereocenters. The molecular formula is C39H27N3. The van der Waals surface area contributed by atoms with Gasteiger partial charge in [0.25, 0.3) is 0 Å². The molecule has 0 saturated heterocycles. The van der Waals surface area contributed by atoms with Crippen molar-refractivity contribution in [2.24, 2.45) is 0 Å². The van der Waals surface area contributed by atoms with Crippen LogP contribution in [0.4, 0.5) is 0 Å². The molecule has 1 aliphatic rings. The Morgan fingerprint density at radius 3 is 2.26 bits per heavy atom. The molecular weight excluding hydrogens is 510 g/mol. The summed E-state index contributed by atoms with van der Waals surface area (Å²) in [5.41, 5.74) is 10.9. The fourth-order valence-corrected chi connectivity index (χ4v) is 7.21.